The highest BCUT2D eigenvalue weighted by Gasteiger charge is 2.62. The zero-order valence-electron chi connectivity index (χ0n) is 22.7. The third kappa shape index (κ3) is 3.05. The van der Waals surface area contributed by atoms with Crippen LogP contribution in [-0.4, -0.2) is 35.5 Å². The molecule has 4 fully saturated rings. The molecule has 10 atom stereocenters. The summed E-state index contributed by atoms with van der Waals surface area (Å²) in [4.78, 5) is 11.9. The number of ether oxygens (including phenoxy) is 1. The topological polar surface area (TPSA) is 66.8 Å². The molecule has 0 aromatic carbocycles. The van der Waals surface area contributed by atoms with Crippen LogP contribution < -0.4 is 0 Å². The Hall–Kier alpha value is -0.610. The van der Waals surface area contributed by atoms with Crippen molar-refractivity contribution < 1.29 is 26.6 Å². The number of aliphatic hydroxyl groups is 2. The second-order valence-electron chi connectivity index (χ2n) is 10.5. The van der Waals surface area contributed by atoms with Gasteiger partial charge in [-0.3, -0.25) is 4.79 Å². The molecule has 2 N–H and O–H groups in total. The first kappa shape index (κ1) is 15.2. The number of fused-ring (bicyclic) bond motifs is 5. The maximum atomic E-state index is 11.9. The Labute approximate surface area is 177 Å². The SMILES string of the molecule is [2H]C1([2H])C[C@@]2(C)[C@H](C[C@H](O)[C@@H]3[C@@H]2CC[C@]2(C)[C@@H]([C@H](C)CC(=O)OC)CC[C@@H]32)C([2H])([2H])[C@]1([2H])O. The molecule has 0 bridgehead atoms. The number of methoxy groups -OCH3 is 1. The van der Waals surface area contributed by atoms with Crippen LogP contribution in [-0.2, 0) is 9.53 Å². The molecule has 0 amide bonds. The largest absolute Gasteiger partial charge is 0.469 e. The molecule has 4 saturated carbocycles. The Bertz CT molecular complexity index is 804. The lowest BCUT2D eigenvalue weighted by molar-refractivity contribution is -0.174. The van der Waals surface area contributed by atoms with Crippen molar-refractivity contribution in [3.05, 3.63) is 0 Å². The van der Waals surface area contributed by atoms with Gasteiger partial charge in [0.15, 0.2) is 0 Å². The van der Waals surface area contributed by atoms with Gasteiger partial charge >= 0.3 is 5.97 Å². The van der Waals surface area contributed by atoms with Gasteiger partial charge in [-0.2, -0.15) is 0 Å². The zero-order chi connectivity index (χ0) is 24.8. The minimum atomic E-state index is -2.86. The molecule has 160 valence electrons. The average molecular weight is 398 g/mol. The van der Waals surface area contributed by atoms with Gasteiger partial charge < -0.3 is 14.9 Å². The van der Waals surface area contributed by atoms with Crippen LogP contribution in [0.3, 0.4) is 0 Å². The number of aliphatic hydroxyl groups excluding tert-OH is 1. The summed E-state index contributed by atoms with van der Waals surface area (Å²) in [6.45, 7) is 6.32. The third-order valence-electron chi connectivity index (χ3n) is 9.32. The van der Waals surface area contributed by atoms with Crippen LogP contribution in [0.2, 0.25) is 0 Å². The normalized spacial score (nSPS) is 60.4. The van der Waals surface area contributed by atoms with E-state index >= 15 is 0 Å². The van der Waals surface area contributed by atoms with E-state index in [9.17, 15) is 15.0 Å². The van der Waals surface area contributed by atoms with E-state index in [0.29, 0.717) is 12.3 Å². The first-order chi connectivity index (χ1) is 15.0. The van der Waals surface area contributed by atoms with Crippen molar-refractivity contribution in [1.82, 2.24) is 0 Å². The maximum Gasteiger partial charge on any atom is 0.305 e. The van der Waals surface area contributed by atoms with E-state index < -0.39 is 36.3 Å². The van der Waals surface area contributed by atoms with E-state index in [0.717, 1.165) is 25.7 Å². The van der Waals surface area contributed by atoms with Gasteiger partial charge in [0.05, 0.1) is 20.7 Å². The van der Waals surface area contributed by atoms with Gasteiger partial charge in [0.25, 0.3) is 0 Å². The van der Waals surface area contributed by atoms with Crippen LogP contribution in [0.25, 0.3) is 0 Å². The summed E-state index contributed by atoms with van der Waals surface area (Å²) in [6, 6.07) is 0. The Balaban J connectivity index is 1.67. The first-order valence-corrected chi connectivity index (χ1v) is 11.0. The smallest absolute Gasteiger partial charge is 0.305 e. The molecule has 0 unspecified atom stereocenters. The molecule has 4 aliphatic rings. The van der Waals surface area contributed by atoms with Gasteiger partial charge in [0, 0.05) is 11.9 Å². The number of esters is 1. The van der Waals surface area contributed by atoms with E-state index in [1.54, 1.807) is 0 Å². The monoisotopic (exact) mass is 397 g/mol. The van der Waals surface area contributed by atoms with E-state index in [1.807, 2.05) is 6.92 Å². The molecule has 4 rings (SSSR count). The lowest BCUT2D eigenvalue weighted by Gasteiger charge is -2.62. The van der Waals surface area contributed by atoms with Crippen molar-refractivity contribution in [1.29, 1.82) is 0 Å². The predicted molar refractivity (Wildman–Crippen MR) is 108 cm³/mol. The van der Waals surface area contributed by atoms with E-state index in [1.165, 1.54) is 7.11 Å². The molecule has 0 aliphatic heterocycles. The molecule has 0 heterocycles. The van der Waals surface area contributed by atoms with Crippen LogP contribution >= 0.6 is 0 Å². The quantitative estimate of drug-likeness (QED) is 0.701. The molecule has 4 heteroatoms. The van der Waals surface area contributed by atoms with Crippen LogP contribution in [0.5, 0.6) is 0 Å². The van der Waals surface area contributed by atoms with Crippen LogP contribution in [0, 0.1) is 46.3 Å². The molecule has 0 radical (unpaired) electrons. The maximum absolute atomic E-state index is 11.9. The lowest BCUT2D eigenvalue weighted by atomic mass is 9.43. The summed E-state index contributed by atoms with van der Waals surface area (Å²) < 4.78 is 47.2. The molecule has 0 spiro atoms. The molecule has 0 saturated heterocycles. The van der Waals surface area contributed by atoms with Crippen molar-refractivity contribution >= 4 is 5.97 Å². The molecule has 0 aromatic rings. The fourth-order valence-electron chi connectivity index (χ4n) is 7.86. The summed E-state index contributed by atoms with van der Waals surface area (Å²) in [5.41, 5.74) is -0.789. The van der Waals surface area contributed by atoms with Gasteiger partial charge in [-0.1, -0.05) is 20.8 Å². The lowest BCUT2D eigenvalue weighted by Crippen LogP contribution is -2.58. The van der Waals surface area contributed by atoms with Gasteiger partial charge in [-0.25, -0.2) is 0 Å². The van der Waals surface area contributed by atoms with Gasteiger partial charge in [0.1, 0.15) is 0 Å². The second kappa shape index (κ2) is 7.27. The number of hydrogen-bond donors (Lipinski definition) is 2. The summed E-state index contributed by atoms with van der Waals surface area (Å²) in [7, 11) is 1.41. The second-order valence-corrected chi connectivity index (χ2v) is 10.5. The fourth-order valence-corrected chi connectivity index (χ4v) is 7.86. The van der Waals surface area contributed by atoms with E-state index in [2.05, 4.69) is 13.8 Å². The van der Waals surface area contributed by atoms with E-state index in [4.69, 9.17) is 11.6 Å². The molecular formula is C24H40O4. The fraction of sp³-hybridized carbons (Fsp3) is 0.958. The van der Waals surface area contributed by atoms with Gasteiger partial charge in [-0.05, 0) is 97.6 Å². The Morgan fingerprint density at radius 2 is 1.93 bits per heavy atom. The molecular weight excluding hydrogens is 352 g/mol. The summed E-state index contributed by atoms with van der Waals surface area (Å²) in [5.74, 6) is -0.392. The minimum Gasteiger partial charge on any atom is -0.469 e. The highest BCUT2D eigenvalue weighted by atomic mass is 16.5. The Morgan fingerprint density at radius 3 is 2.64 bits per heavy atom. The van der Waals surface area contributed by atoms with Gasteiger partial charge in [0.2, 0.25) is 0 Å². The van der Waals surface area contributed by atoms with Crippen LogP contribution in [0.1, 0.15) is 85.3 Å². The number of carbonyl (C=O) groups is 1. The highest BCUT2D eigenvalue weighted by molar-refractivity contribution is 5.69. The minimum absolute atomic E-state index is 0.0400. The van der Waals surface area contributed by atoms with Crippen molar-refractivity contribution in [3.8, 4) is 0 Å². The predicted octanol–water partition coefficient (Wildman–Crippen LogP) is 4.18. The summed E-state index contributed by atoms with van der Waals surface area (Å²) in [6.07, 6.45) is -4.47. The first-order valence-electron chi connectivity index (χ1n) is 13.5. The molecule has 28 heavy (non-hydrogen) atoms. The van der Waals surface area contributed by atoms with Gasteiger partial charge in [-0.15, -0.1) is 0 Å². The standard InChI is InChI=1S/C24H40O4/c1-14(11-21(27)28-4)17-5-6-18-22-19(8-10-24(17,18)3)23(2)9-7-16(25)12-15(23)13-20(22)26/h14-20,22,25-26H,5-13H2,1-4H3/t14-,15+,16-,17-,18+,19+,20+,22+,23+,24-/m1/s1/i7D2,12D2,16D. The van der Waals surface area contributed by atoms with Crippen molar-refractivity contribution in [3.63, 3.8) is 0 Å². The average Bonchev–Trinajstić information content (AvgIpc) is 3.05. The van der Waals surface area contributed by atoms with E-state index in [-0.39, 0.29) is 47.9 Å². The van der Waals surface area contributed by atoms with Crippen molar-refractivity contribution in [2.24, 2.45) is 46.3 Å². The number of carbonyl (C=O) groups excluding carboxylic acids is 1. The number of hydrogen-bond acceptors (Lipinski definition) is 4. The Morgan fingerprint density at radius 1 is 1.21 bits per heavy atom. The highest BCUT2D eigenvalue weighted by Crippen LogP contribution is 2.68. The Kier molecular flexibility index (Phi) is 3.95. The van der Waals surface area contributed by atoms with Crippen LogP contribution in [0.4, 0.5) is 0 Å². The van der Waals surface area contributed by atoms with Crippen molar-refractivity contribution in [2.45, 2.75) is 90.6 Å². The van der Waals surface area contributed by atoms with Crippen LogP contribution in [0.15, 0.2) is 0 Å². The summed E-state index contributed by atoms with van der Waals surface area (Å²) >= 11 is 0. The summed E-state index contributed by atoms with van der Waals surface area (Å²) in [5, 5.41) is 22.0. The molecule has 4 aliphatic carbocycles. The van der Waals surface area contributed by atoms with Crippen molar-refractivity contribution in [2.75, 3.05) is 7.11 Å². The molecule has 4 nitrogen and oxygen atoms in total. The molecule has 0 aromatic heterocycles. The zero-order valence-corrected chi connectivity index (χ0v) is 17.7. The third-order valence-corrected chi connectivity index (χ3v) is 9.32. The number of rotatable bonds is 3.